The summed E-state index contributed by atoms with van der Waals surface area (Å²) in [5.41, 5.74) is 2.78. The molecular weight excluding hydrogens is 470 g/mol. The molecule has 5 rings (SSSR count). The van der Waals surface area contributed by atoms with E-state index < -0.39 is 20.9 Å². The molecule has 10 heteroatoms. The van der Waals surface area contributed by atoms with Gasteiger partial charge in [-0.3, -0.25) is 14.8 Å². The average molecular weight is 492 g/mol. The van der Waals surface area contributed by atoms with Gasteiger partial charge in [-0.15, -0.1) is 0 Å². The molecule has 1 heterocycles. The van der Waals surface area contributed by atoms with E-state index in [1.54, 1.807) is 24.3 Å². The summed E-state index contributed by atoms with van der Waals surface area (Å²) < 4.78 is 28.6. The van der Waals surface area contributed by atoms with Crippen LogP contribution in [-0.4, -0.2) is 24.4 Å². The van der Waals surface area contributed by atoms with Crippen LogP contribution in [0.1, 0.15) is 39.9 Å². The van der Waals surface area contributed by atoms with E-state index in [0.717, 1.165) is 23.2 Å². The topological polar surface area (TPSA) is 139 Å². The van der Waals surface area contributed by atoms with Gasteiger partial charge in [0.15, 0.2) is 0 Å². The first-order chi connectivity index (χ1) is 16.7. The number of nitrogens with zero attached hydrogens (tertiary/aromatic N) is 1. The van der Waals surface area contributed by atoms with Gasteiger partial charge >= 0.3 is 5.97 Å². The molecule has 0 saturated heterocycles. The Hall–Kier alpha value is -4.18. The summed E-state index contributed by atoms with van der Waals surface area (Å²) >= 11 is 0. The third kappa shape index (κ3) is 4.24. The highest BCUT2D eigenvalue weighted by atomic mass is 32.2. The number of carbonyl (C=O) groups is 1. The molecule has 178 valence electrons. The fraction of sp³-hybridized carbons (Fsp3) is 0.160. The molecular formula is C25H21N3O6S. The van der Waals surface area contributed by atoms with Crippen LogP contribution in [-0.2, 0) is 10.0 Å². The summed E-state index contributed by atoms with van der Waals surface area (Å²) in [6, 6.07) is 16.8. The molecule has 0 aromatic heterocycles. The first kappa shape index (κ1) is 22.6. The van der Waals surface area contributed by atoms with Crippen LogP contribution in [0, 0.1) is 16.0 Å². The first-order valence-electron chi connectivity index (χ1n) is 10.9. The molecule has 0 radical (unpaired) electrons. The van der Waals surface area contributed by atoms with Gasteiger partial charge in [0.2, 0.25) is 0 Å². The lowest BCUT2D eigenvalue weighted by molar-refractivity contribution is -0.384. The SMILES string of the molecule is O=C(O)c1ccc(NS(=O)(=O)c2ccc3c(c2)[C@@H]2C=CC[C@@H]2[C@H](c2cccc([N+](=O)[O-])c2)N3)cc1. The Labute approximate surface area is 201 Å². The van der Waals surface area contributed by atoms with E-state index in [1.165, 1.54) is 36.4 Å². The number of rotatable bonds is 6. The summed E-state index contributed by atoms with van der Waals surface area (Å²) in [5.74, 6) is -1.05. The molecule has 3 aromatic carbocycles. The average Bonchev–Trinajstić information content (AvgIpc) is 3.34. The minimum absolute atomic E-state index is 0.0292. The minimum Gasteiger partial charge on any atom is -0.478 e. The molecule has 2 aliphatic rings. The number of benzene rings is 3. The molecule has 9 nitrogen and oxygen atoms in total. The number of hydrogen-bond acceptors (Lipinski definition) is 6. The number of carboxylic acids is 1. The number of allylic oxidation sites excluding steroid dienone is 2. The molecule has 3 N–H and O–H groups in total. The number of anilines is 2. The number of hydrogen-bond donors (Lipinski definition) is 3. The second kappa shape index (κ2) is 8.55. The normalized spacial score (nSPS) is 20.4. The maximum Gasteiger partial charge on any atom is 0.335 e. The van der Waals surface area contributed by atoms with E-state index in [-0.39, 0.29) is 39.7 Å². The monoisotopic (exact) mass is 491 g/mol. The zero-order valence-electron chi connectivity index (χ0n) is 18.3. The fourth-order valence-corrected chi connectivity index (χ4v) is 5.89. The van der Waals surface area contributed by atoms with Gasteiger partial charge in [-0.25, -0.2) is 13.2 Å². The van der Waals surface area contributed by atoms with Crippen LogP contribution >= 0.6 is 0 Å². The molecule has 1 aliphatic carbocycles. The Bertz CT molecular complexity index is 1470. The molecule has 0 saturated carbocycles. The van der Waals surface area contributed by atoms with Gasteiger partial charge in [-0.2, -0.15) is 0 Å². The molecule has 0 unspecified atom stereocenters. The molecule has 0 fully saturated rings. The van der Waals surface area contributed by atoms with E-state index in [4.69, 9.17) is 5.11 Å². The van der Waals surface area contributed by atoms with Gasteiger partial charge in [0.25, 0.3) is 15.7 Å². The summed E-state index contributed by atoms with van der Waals surface area (Å²) in [6.45, 7) is 0. The Morgan fingerprint density at radius 3 is 2.57 bits per heavy atom. The lowest BCUT2D eigenvalue weighted by atomic mass is 9.77. The van der Waals surface area contributed by atoms with Gasteiger partial charge in [0.1, 0.15) is 0 Å². The third-order valence-electron chi connectivity index (χ3n) is 6.47. The number of non-ortho nitro benzene ring substituents is 1. The number of nitro groups is 1. The second-order valence-electron chi connectivity index (χ2n) is 8.56. The second-order valence-corrected chi connectivity index (χ2v) is 10.2. The zero-order chi connectivity index (χ0) is 24.7. The Morgan fingerprint density at radius 1 is 1.09 bits per heavy atom. The third-order valence-corrected chi connectivity index (χ3v) is 7.85. The smallest absolute Gasteiger partial charge is 0.335 e. The van der Waals surface area contributed by atoms with E-state index >= 15 is 0 Å². The van der Waals surface area contributed by atoms with Crippen molar-refractivity contribution >= 4 is 33.1 Å². The van der Waals surface area contributed by atoms with Crippen LogP contribution in [0.3, 0.4) is 0 Å². The van der Waals surface area contributed by atoms with Crippen molar-refractivity contribution in [1.82, 2.24) is 0 Å². The highest BCUT2D eigenvalue weighted by Crippen LogP contribution is 2.50. The predicted molar refractivity (Wildman–Crippen MR) is 130 cm³/mol. The predicted octanol–water partition coefficient (Wildman–Crippen LogP) is 4.92. The summed E-state index contributed by atoms with van der Waals surface area (Å²) in [7, 11) is -3.91. The number of nitrogens with one attached hydrogen (secondary N) is 2. The van der Waals surface area contributed by atoms with Crippen molar-refractivity contribution in [2.24, 2.45) is 5.92 Å². The van der Waals surface area contributed by atoms with Crippen LogP contribution in [0.4, 0.5) is 17.1 Å². The van der Waals surface area contributed by atoms with Crippen molar-refractivity contribution in [2.75, 3.05) is 10.0 Å². The van der Waals surface area contributed by atoms with Crippen molar-refractivity contribution in [3.63, 3.8) is 0 Å². The highest BCUT2D eigenvalue weighted by Gasteiger charge is 2.38. The quantitative estimate of drug-likeness (QED) is 0.253. The van der Waals surface area contributed by atoms with Gasteiger partial charge in [0.05, 0.1) is 21.4 Å². The largest absolute Gasteiger partial charge is 0.478 e. The number of nitro benzene ring substituents is 1. The number of aromatic carboxylic acids is 1. The number of carboxylic acid groups (broad SMARTS) is 1. The first-order valence-corrected chi connectivity index (χ1v) is 12.4. The van der Waals surface area contributed by atoms with Gasteiger partial charge < -0.3 is 10.4 Å². The molecule has 35 heavy (non-hydrogen) atoms. The molecule has 0 amide bonds. The molecule has 0 spiro atoms. The van der Waals surface area contributed by atoms with Crippen molar-refractivity contribution in [2.45, 2.75) is 23.3 Å². The van der Waals surface area contributed by atoms with Crippen molar-refractivity contribution in [1.29, 1.82) is 0 Å². The Morgan fingerprint density at radius 2 is 1.86 bits per heavy atom. The van der Waals surface area contributed by atoms with E-state index in [9.17, 15) is 23.3 Å². The van der Waals surface area contributed by atoms with Crippen LogP contribution in [0.5, 0.6) is 0 Å². The van der Waals surface area contributed by atoms with Gasteiger partial charge in [-0.1, -0.05) is 24.3 Å². The minimum atomic E-state index is -3.91. The molecule has 1 aliphatic heterocycles. The van der Waals surface area contributed by atoms with Crippen molar-refractivity contribution < 1.29 is 23.2 Å². The molecule has 3 aromatic rings. The van der Waals surface area contributed by atoms with E-state index in [2.05, 4.69) is 22.2 Å². The molecule has 3 atom stereocenters. The van der Waals surface area contributed by atoms with Gasteiger partial charge in [-0.05, 0) is 65.9 Å². The van der Waals surface area contributed by atoms with E-state index in [0.29, 0.717) is 0 Å². The van der Waals surface area contributed by atoms with Crippen LogP contribution in [0.25, 0.3) is 0 Å². The lowest BCUT2D eigenvalue weighted by Gasteiger charge is -2.37. The lowest BCUT2D eigenvalue weighted by Crippen LogP contribution is -2.29. The summed E-state index contributed by atoms with van der Waals surface area (Å²) in [4.78, 5) is 22.0. The van der Waals surface area contributed by atoms with Crippen molar-refractivity contribution in [3.05, 3.63) is 106 Å². The Balaban J connectivity index is 1.45. The van der Waals surface area contributed by atoms with Crippen molar-refractivity contribution in [3.8, 4) is 0 Å². The summed E-state index contributed by atoms with van der Waals surface area (Å²) in [6.07, 6.45) is 4.87. The zero-order valence-corrected chi connectivity index (χ0v) is 19.1. The maximum absolute atomic E-state index is 13.1. The van der Waals surface area contributed by atoms with E-state index in [1.807, 2.05) is 6.07 Å². The van der Waals surface area contributed by atoms with Crippen LogP contribution < -0.4 is 10.0 Å². The maximum atomic E-state index is 13.1. The molecule has 0 bridgehead atoms. The standard InChI is InChI=1S/C25H21N3O6S/c29-25(30)15-7-9-17(10-8-15)27-35(33,34)19-11-12-23-22(14-19)20-5-2-6-21(20)24(26-23)16-3-1-4-18(13-16)28(31)32/h1-5,7-14,20-21,24,26-27H,6H2,(H,29,30)/t20-,21+,24+/m1/s1. The van der Waals surface area contributed by atoms with Gasteiger partial charge in [0, 0.05) is 29.4 Å². The highest BCUT2D eigenvalue weighted by molar-refractivity contribution is 7.92. The fourth-order valence-electron chi connectivity index (χ4n) is 4.80. The summed E-state index contributed by atoms with van der Waals surface area (Å²) in [5, 5.41) is 23.7. The van der Waals surface area contributed by atoms with Crippen LogP contribution in [0.2, 0.25) is 0 Å². The Kier molecular flexibility index (Phi) is 5.52. The van der Waals surface area contributed by atoms with Crippen LogP contribution in [0.15, 0.2) is 83.8 Å². The number of sulfonamides is 1. The number of fused-ring (bicyclic) bond motifs is 3.